The number of aryl methyl sites for hydroxylation is 1. The van der Waals surface area contributed by atoms with Gasteiger partial charge in [0.2, 0.25) is 0 Å². The minimum Gasteiger partial charge on any atom is -0.368 e. The third-order valence-corrected chi connectivity index (χ3v) is 3.62. The van der Waals surface area contributed by atoms with E-state index in [4.69, 9.17) is 0 Å². The average Bonchev–Trinajstić information content (AvgIpc) is 2.96. The van der Waals surface area contributed by atoms with Crippen molar-refractivity contribution in [2.45, 2.75) is 53.0 Å². The average molecular weight is 318 g/mol. The first-order valence-corrected chi connectivity index (χ1v) is 8.46. The van der Waals surface area contributed by atoms with Crippen LogP contribution in [0.5, 0.6) is 0 Å². The number of aromatic nitrogens is 4. The Morgan fingerprint density at radius 3 is 2.57 bits per heavy atom. The van der Waals surface area contributed by atoms with Crippen molar-refractivity contribution in [3.63, 3.8) is 0 Å². The standard InChI is InChI=1S/C16H26N6O/c1-4-7-9-17-14-13(16(23)18-10-8-5-2)20-12-11-19-22(6-3)15(12)21-14/h11H,4-10H2,1-3H3,(H,17,21)(H,18,23). The summed E-state index contributed by atoms with van der Waals surface area (Å²) >= 11 is 0. The van der Waals surface area contributed by atoms with E-state index in [2.05, 4.69) is 39.5 Å². The molecular formula is C16H26N6O. The van der Waals surface area contributed by atoms with Gasteiger partial charge in [-0.25, -0.2) is 14.6 Å². The summed E-state index contributed by atoms with van der Waals surface area (Å²) in [5, 5.41) is 10.4. The number of nitrogens with one attached hydrogen (secondary N) is 2. The van der Waals surface area contributed by atoms with Crippen LogP contribution in [0, 0.1) is 0 Å². The summed E-state index contributed by atoms with van der Waals surface area (Å²) in [5.74, 6) is 0.353. The molecule has 2 rings (SSSR count). The van der Waals surface area contributed by atoms with Gasteiger partial charge in [0.15, 0.2) is 17.2 Å². The fraction of sp³-hybridized carbons (Fsp3) is 0.625. The van der Waals surface area contributed by atoms with E-state index < -0.39 is 0 Å². The van der Waals surface area contributed by atoms with Crippen molar-refractivity contribution in [2.75, 3.05) is 18.4 Å². The third-order valence-electron chi connectivity index (χ3n) is 3.62. The van der Waals surface area contributed by atoms with Crippen molar-refractivity contribution in [2.24, 2.45) is 0 Å². The van der Waals surface area contributed by atoms with Gasteiger partial charge in [0, 0.05) is 19.6 Å². The molecule has 0 unspecified atom stereocenters. The van der Waals surface area contributed by atoms with Gasteiger partial charge in [-0.15, -0.1) is 0 Å². The second-order valence-corrected chi connectivity index (χ2v) is 5.48. The van der Waals surface area contributed by atoms with Gasteiger partial charge in [-0.2, -0.15) is 5.10 Å². The normalized spacial score (nSPS) is 10.9. The number of fused-ring (bicyclic) bond motifs is 1. The molecule has 0 saturated heterocycles. The van der Waals surface area contributed by atoms with Gasteiger partial charge in [0.25, 0.3) is 5.91 Å². The molecule has 0 aliphatic rings. The van der Waals surface area contributed by atoms with Crippen LogP contribution in [-0.2, 0) is 6.54 Å². The molecule has 0 spiro atoms. The van der Waals surface area contributed by atoms with Gasteiger partial charge in [-0.3, -0.25) is 4.79 Å². The predicted molar refractivity (Wildman–Crippen MR) is 91.6 cm³/mol. The summed E-state index contributed by atoms with van der Waals surface area (Å²) in [6.07, 6.45) is 5.74. The molecule has 0 atom stereocenters. The predicted octanol–water partition coefficient (Wildman–Crippen LogP) is 2.59. The molecule has 0 saturated carbocycles. The number of unbranched alkanes of at least 4 members (excludes halogenated alkanes) is 2. The quantitative estimate of drug-likeness (QED) is 0.694. The van der Waals surface area contributed by atoms with Crippen molar-refractivity contribution < 1.29 is 4.79 Å². The summed E-state index contributed by atoms with van der Waals surface area (Å²) in [6.45, 7) is 8.36. The SMILES string of the molecule is CCCCNC(=O)c1nc2cnn(CC)c2nc1NCCCC. The lowest BCUT2D eigenvalue weighted by Gasteiger charge is -2.11. The molecule has 2 aromatic rings. The highest BCUT2D eigenvalue weighted by atomic mass is 16.1. The number of carbonyl (C=O) groups is 1. The molecule has 0 aliphatic carbocycles. The van der Waals surface area contributed by atoms with E-state index >= 15 is 0 Å². The van der Waals surface area contributed by atoms with Crippen molar-refractivity contribution in [3.8, 4) is 0 Å². The Kier molecular flexibility index (Phi) is 6.31. The first-order chi connectivity index (χ1) is 11.2. The number of hydrogen-bond acceptors (Lipinski definition) is 5. The van der Waals surface area contributed by atoms with Crippen LogP contribution in [0.1, 0.15) is 56.9 Å². The first kappa shape index (κ1) is 17.2. The molecule has 2 aromatic heterocycles. The van der Waals surface area contributed by atoms with Gasteiger partial charge < -0.3 is 10.6 Å². The maximum atomic E-state index is 12.4. The maximum absolute atomic E-state index is 12.4. The Morgan fingerprint density at radius 2 is 1.87 bits per heavy atom. The van der Waals surface area contributed by atoms with Crippen LogP contribution in [0.4, 0.5) is 5.82 Å². The van der Waals surface area contributed by atoms with E-state index in [0.29, 0.717) is 35.8 Å². The van der Waals surface area contributed by atoms with Crippen molar-refractivity contribution in [1.29, 1.82) is 0 Å². The van der Waals surface area contributed by atoms with Crippen LogP contribution in [0.15, 0.2) is 6.20 Å². The van der Waals surface area contributed by atoms with Crippen molar-refractivity contribution in [3.05, 3.63) is 11.9 Å². The fourth-order valence-electron chi connectivity index (χ4n) is 2.25. The lowest BCUT2D eigenvalue weighted by molar-refractivity contribution is 0.0949. The third kappa shape index (κ3) is 4.18. The summed E-state index contributed by atoms with van der Waals surface area (Å²) in [4.78, 5) is 21.5. The molecule has 0 radical (unpaired) electrons. The minimum absolute atomic E-state index is 0.184. The number of rotatable bonds is 9. The van der Waals surface area contributed by atoms with Crippen LogP contribution in [0.25, 0.3) is 11.2 Å². The molecule has 2 heterocycles. The molecule has 0 bridgehead atoms. The first-order valence-electron chi connectivity index (χ1n) is 8.46. The Balaban J connectivity index is 2.30. The Morgan fingerprint density at radius 1 is 1.13 bits per heavy atom. The number of anilines is 1. The summed E-state index contributed by atoms with van der Waals surface area (Å²) in [7, 11) is 0. The van der Waals surface area contributed by atoms with Crippen LogP contribution < -0.4 is 10.6 Å². The second-order valence-electron chi connectivity index (χ2n) is 5.48. The van der Waals surface area contributed by atoms with Gasteiger partial charge in [-0.1, -0.05) is 26.7 Å². The van der Waals surface area contributed by atoms with Crippen molar-refractivity contribution >= 4 is 22.9 Å². The molecule has 7 heteroatoms. The number of carbonyl (C=O) groups excluding carboxylic acids is 1. The molecule has 0 fully saturated rings. The van der Waals surface area contributed by atoms with Crippen LogP contribution in [0.3, 0.4) is 0 Å². The molecular weight excluding hydrogens is 292 g/mol. The van der Waals surface area contributed by atoms with Crippen LogP contribution in [-0.4, -0.2) is 38.7 Å². The highest BCUT2D eigenvalue weighted by Gasteiger charge is 2.18. The van der Waals surface area contributed by atoms with E-state index in [0.717, 1.165) is 32.2 Å². The smallest absolute Gasteiger partial charge is 0.273 e. The number of amides is 1. The van der Waals surface area contributed by atoms with E-state index in [1.807, 2.05) is 6.92 Å². The molecule has 1 amide bonds. The largest absolute Gasteiger partial charge is 0.368 e. The van der Waals surface area contributed by atoms with Gasteiger partial charge in [-0.05, 0) is 19.8 Å². The molecule has 0 aliphatic heterocycles. The topological polar surface area (TPSA) is 84.7 Å². The highest BCUT2D eigenvalue weighted by Crippen LogP contribution is 2.17. The van der Waals surface area contributed by atoms with Crippen LogP contribution >= 0.6 is 0 Å². The zero-order chi connectivity index (χ0) is 16.7. The maximum Gasteiger partial charge on any atom is 0.273 e. The minimum atomic E-state index is -0.184. The molecule has 2 N–H and O–H groups in total. The summed E-state index contributed by atoms with van der Waals surface area (Å²) in [5.41, 5.74) is 1.70. The molecule has 7 nitrogen and oxygen atoms in total. The molecule has 0 aromatic carbocycles. The fourth-order valence-corrected chi connectivity index (χ4v) is 2.25. The van der Waals surface area contributed by atoms with Crippen LogP contribution in [0.2, 0.25) is 0 Å². The van der Waals surface area contributed by atoms with Gasteiger partial charge in [0.05, 0.1) is 6.20 Å². The lowest BCUT2D eigenvalue weighted by Crippen LogP contribution is -2.27. The van der Waals surface area contributed by atoms with Crippen molar-refractivity contribution in [1.82, 2.24) is 25.1 Å². The zero-order valence-electron chi connectivity index (χ0n) is 14.2. The Hall–Kier alpha value is -2.18. The van der Waals surface area contributed by atoms with E-state index in [1.165, 1.54) is 0 Å². The second kappa shape index (κ2) is 8.45. The Bertz CT molecular complexity index is 651. The van der Waals surface area contributed by atoms with E-state index in [-0.39, 0.29) is 5.91 Å². The summed E-state index contributed by atoms with van der Waals surface area (Å²) < 4.78 is 1.78. The number of hydrogen-bond donors (Lipinski definition) is 2. The van der Waals surface area contributed by atoms with Gasteiger partial charge >= 0.3 is 0 Å². The molecule has 126 valence electrons. The van der Waals surface area contributed by atoms with E-state index in [9.17, 15) is 4.79 Å². The molecule has 23 heavy (non-hydrogen) atoms. The van der Waals surface area contributed by atoms with Gasteiger partial charge in [0.1, 0.15) is 5.52 Å². The Labute approximate surface area is 136 Å². The monoisotopic (exact) mass is 318 g/mol. The summed E-state index contributed by atoms with van der Waals surface area (Å²) in [6, 6.07) is 0. The zero-order valence-corrected chi connectivity index (χ0v) is 14.2. The highest BCUT2D eigenvalue weighted by molar-refractivity contribution is 5.98. The lowest BCUT2D eigenvalue weighted by atomic mass is 10.3. The number of nitrogens with zero attached hydrogens (tertiary/aromatic N) is 4. The van der Waals surface area contributed by atoms with E-state index in [1.54, 1.807) is 10.9 Å².